The van der Waals surface area contributed by atoms with E-state index in [1.807, 2.05) is 0 Å². The second-order valence-corrected chi connectivity index (χ2v) is 2.25. The molecular formula is C6H14N2O2S. The van der Waals surface area contributed by atoms with Crippen molar-refractivity contribution in [1.29, 1.82) is 0 Å². The number of rotatable bonds is 5. The first-order valence-corrected chi connectivity index (χ1v) is 3.86. The molecule has 4 nitrogen and oxygen atoms in total. The lowest BCUT2D eigenvalue weighted by molar-refractivity contribution is 0.0958. The Labute approximate surface area is 71.9 Å². The molecule has 0 aromatic heterocycles. The molecule has 3 N–H and O–H groups in total. The standard InChI is InChI=1S/C6H14N2O2S/c1-7-6(11)8-2-4-10-5-3-9/h9H,2-5H2,1H3,(H2,7,8,11). The van der Waals surface area contributed by atoms with Crippen LogP contribution in [0.25, 0.3) is 0 Å². The van der Waals surface area contributed by atoms with Crippen molar-refractivity contribution in [1.82, 2.24) is 10.6 Å². The predicted octanol–water partition coefficient (Wildman–Crippen LogP) is -0.911. The fourth-order valence-corrected chi connectivity index (χ4v) is 0.594. The van der Waals surface area contributed by atoms with Gasteiger partial charge in [-0.2, -0.15) is 0 Å². The summed E-state index contributed by atoms with van der Waals surface area (Å²) < 4.78 is 4.98. The fourth-order valence-electron chi connectivity index (χ4n) is 0.492. The summed E-state index contributed by atoms with van der Waals surface area (Å²) in [6.07, 6.45) is 0. The molecule has 0 aliphatic rings. The van der Waals surface area contributed by atoms with Gasteiger partial charge in [0.05, 0.1) is 19.8 Å². The molecule has 11 heavy (non-hydrogen) atoms. The van der Waals surface area contributed by atoms with Crippen molar-refractivity contribution in [3.8, 4) is 0 Å². The Balaban J connectivity index is 2.95. The Bertz CT molecular complexity index is 111. The van der Waals surface area contributed by atoms with E-state index < -0.39 is 0 Å². The molecule has 0 aromatic rings. The maximum atomic E-state index is 8.34. The van der Waals surface area contributed by atoms with Gasteiger partial charge in [-0.1, -0.05) is 0 Å². The molecule has 0 saturated heterocycles. The van der Waals surface area contributed by atoms with E-state index in [4.69, 9.17) is 22.1 Å². The number of aliphatic hydroxyl groups is 1. The molecule has 0 aliphatic heterocycles. The van der Waals surface area contributed by atoms with Gasteiger partial charge in [-0.3, -0.25) is 0 Å². The fraction of sp³-hybridized carbons (Fsp3) is 0.833. The van der Waals surface area contributed by atoms with E-state index in [1.165, 1.54) is 0 Å². The summed E-state index contributed by atoms with van der Waals surface area (Å²) in [6.45, 7) is 1.67. The summed E-state index contributed by atoms with van der Waals surface area (Å²) >= 11 is 4.81. The van der Waals surface area contributed by atoms with Crippen molar-refractivity contribution in [3.63, 3.8) is 0 Å². The maximum absolute atomic E-state index is 8.34. The van der Waals surface area contributed by atoms with Crippen molar-refractivity contribution in [2.24, 2.45) is 0 Å². The van der Waals surface area contributed by atoms with Gasteiger partial charge in [-0.15, -0.1) is 0 Å². The number of nitrogens with one attached hydrogen (secondary N) is 2. The summed E-state index contributed by atoms with van der Waals surface area (Å²) in [5.74, 6) is 0. The van der Waals surface area contributed by atoms with Crippen molar-refractivity contribution in [2.45, 2.75) is 0 Å². The average Bonchev–Trinajstić information content (AvgIpc) is 2.04. The van der Waals surface area contributed by atoms with Crippen molar-refractivity contribution in [3.05, 3.63) is 0 Å². The second kappa shape index (κ2) is 7.71. The lowest BCUT2D eigenvalue weighted by Gasteiger charge is -2.06. The van der Waals surface area contributed by atoms with Crippen LogP contribution in [-0.2, 0) is 4.74 Å². The molecule has 0 fully saturated rings. The van der Waals surface area contributed by atoms with Crippen LogP contribution in [0.1, 0.15) is 0 Å². The third-order valence-corrected chi connectivity index (χ3v) is 1.34. The molecule has 66 valence electrons. The van der Waals surface area contributed by atoms with E-state index in [1.54, 1.807) is 7.05 Å². The van der Waals surface area contributed by atoms with E-state index in [0.29, 0.717) is 24.9 Å². The molecule has 0 unspecified atom stereocenters. The highest BCUT2D eigenvalue weighted by atomic mass is 32.1. The van der Waals surface area contributed by atoms with Gasteiger partial charge in [0, 0.05) is 13.6 Å². The van der Waals surface area contributed by atoms with Gasteiger partial charge < -0.3 is 20.5 Å². The average molecular weight is 178 g/mol. The van der Waals surface area contributed by atoms with E-state index in [0.717, 1.165) is 0 Å². The minimum absolute atomic E-state index is 0.0659. The van der Waals surface area contributed by atoms with Gasteiger partial charge in [-0.05, 0) is 12.2 Å². The minimum Gasteiger partial charge on any atom is -0.394 e. The molecule has 0 heterocycles. The first kappa shape index (κ1) is 10.6. The lowest BCUT2D eigenvalue weighted by atomic mass is 10.6. The Morgan fingerprint density at radius 2 is 2.27 bits per heavy atom. The number of hydrogen-bond donors (Lipinski definition) is 3. The van der Waals surface area contributed by atoms with Crippen LogP contribution < -0.4 is 10.6 Å². The van der Waals surface area contributed by atoms with Crippen LogP contribution in [0.3, 0.4) is 0 Å². The number of ether oxygens (including phenoxy) is 1. The number of thiocarbonyl (C=S) groups is 1. The highest BCUT2D eigenvalue weighted by Gasteiger charge is 1.89. The third kappa shape index (κ3) is 7.51. The maximum Gasteiger partial charge on any atom is 0.166 e. The molecule has 0 bridgehead atoms. The van der Waals surface area contributed by atoms with E-state index >= 15 is 0 Å². The molecule has 0 spiro atoms. The third-order valence-electron chi connectivity index (χ3n) is 0.995. The van der Waals surface area contributed by atoms with Crippen LogP contribution in [0.4, 0.5) is 0 Å². The van der Waals surface area contributed by atoms with Crippen LogP contribution in [-0.4, -0.2) is 43.6 Å². The summed E-state index contributed by atoms with van der Waals surface area (Å²) in [7, 11) is 1.75. The number of aliphatic hydroxyl groups excluding tert-OH is 1. The summed E-state index contributed by atoms with van der Waals surface area (Å²) in [5, 5.41) is 14.6. The normalized spacial score (nSPS) is 9.27. The first-order valence-electron chi connectivity index (χ1n) is 3.45. The summed E-state index contributed by atoms with van der Waals surface area (Å²) in [5.41, 5.74) is 0. The summed E-state index contributed by atoms with van der Waals surface area (Å²) in [6, 6.07) is 0. The topological polar surface area (TPSA) is 53.5 Å². The van der Waals surface area contributed by atoms with Gasteiger partial charge in [-0.25, -0.2) is 0 Å². The van der Waals surface area contributed by atoms with Crippen LogP contribution in [0.5, 0.6) is 0 Å². The molecule has 0 radical (unpaired) electrons. The molecule has 0 aliphatic carbocycles. The zero-order valence-corrected chi connectivity index (χ0v) is 7.41. The van der Waals surface area contributed by atoms with Crippen molar-refractivity contribution >= 4 is 17.3 Å². The Hall–Kier alpha value is -0.390. The van der Waals surface area contributed by atoms with E-state index in [9.17, 15) is 0 Å². The quantitative estimate of drug-likeness (QED) is 0.376. The minimum atomic E-state index is 0.0659. The van der Waals surface area contributed by atoms with Crippen molar-refractivity contribution < 1.29 is 9.84 Å². The monoisotopic (exact) mass is 178 g/mol. The van der Waals surface area contributed by atoms with Crippen LogP contribution in [0, 0.1) is 0 Å². The number of hydrogen-bond acceptors (Lipinski definition) is 3. The Morgan fingerprint density at radius 1 is 1.55 bits per heavy atom. The Kier molecular flexibility index (Phi) is 7.44. The molecular weight excluding hydrogens is 164 g/mol. The van der Waals surface area contributed by atoms with Crippen LogP contribution in [0.15, 0.2) is 0 Å². The zero-order chi connectivity index (χ0) is 8.53. The smallest absolute Gasteiger partial charge is 0.166 e. The molecule has 0 atom stereocenters. The largest absolute Gasteiger partial charge is 0.394 e. The van der Waals surface area contributed by atoms with Crippen LogP contribution >= 0.6 is 12.2 Å². The zero-order valence-electron chi connectivity index (χ0n) is 6.59. The molecule has 0 saturated carbocycles. The predicted molar refractivity (Wildman–Crippen MR) is 47.6 cm³/mol. The van der Waals surface area contributed by atoms with E-state index in [2.05, 4.69) is 10.6 Å². The van der Waals surface area contributed by atoms with Gasteiger partial charge >= 0.3 is 0 Å². The van der Waals surface area contributed by atoms with Gasteiger partial charge in [0.2, 0.25) is 0 Å². The SMILES string of the molecule is CNC(=S)NCCOCCO. The van der Waals surface area contributed by atoms with Crippen molar-refractivity contribution in [2.75, 3.05) is 33.4 Å². The van der Waals surface area contributed by atoms with E-state index in [-0.39, 0.29) is 6.61 Å². The first-order chi connectivity index (χ1) is 5.31. The second-order valence-electron chi connectivity index (χ2n) is 1.84. The molecule has 0 aromatic carbocycles. The highest BCUT2D eigenvalue weighted by Crippen LogP contribution is 1.71. The Morgan fingerprint density at radius 3 is 2.82 bits per heavy atom. The lowest BCUT2D eigenvalue weighted by Crippen LogP contribution is -2.34. The van der Waals surface area contributed by atoms with Gasteiger partial charge in [0.1, 0.15) is 0 Å². The summed E-state index contributed by atoms with van der Waals surface area (Å²) in [4.78, 5) is 0. The van der Waals surface area contributed by atoms with Gasteiger partial charge in [0.25, 0.3) is 0 Å². The molecule has 5 heteroatoms. The molecule has 0 amide bonds. The van der Waals surface area contributed by atoms with Crippen LogP contribution in [0.2, 0.25) is 0 Å². The highest BCUT2D eigenvalue weighted by molar-refractivity contribution is 7.80. The molecule has 0 rings (SSSR count). The van der Waals surface area contributed by atoms with Gasteiger partial charge in [0.15, 0.2) is 5.11 Å².